The maximum absolute atomic E-state index is 13.6. The van der Waals surface area contributed by atoms with Crippen LogP contribution in [-0.2, 0) is 29.1 Å². The van der Waals surface area contributed by atoms with E-state index < -0.39 is 12.1 Å². The second-order valence-corrected chi connectivity index (χ2v) is 11.4. The van der Waals surface area contributed by atoms with Crippen molar-refractivity contribution in [3.63, 3.8) is 0 Å². The number of carboxylic acid groups (broad SMARTS) is 1. The van der Waals surface area contributed by atoms with E-state index >= 15 is 0 Å². The lowest BCUT2D eigenvalue weighted by Gasteiger charge is -2.26. The minimum absolute atomic E-state index is 0.159. The van der Waals surface area contributed by atoms with Gasteiger partial charge in [0.1, 0.15) is 12.4 Å². The fourth-order valence-corrected chi connectivity index (χ4v) is 5.28. The number of alkyl halides is 1. The summed E-state index contributed by atoms with van der Waals surface area (Å²) in [6.45, 7) is 8.56. The van der Waals surface area contributed by atoms with Crippen molar-refractivity contribution in [3.8, 4) is 0 Å². The number of aliphatic carboxylic acids is 1. The molecule has 0 saturated heterocycles. The van der Waals surface area contributed by atoms with Gasteiger partial charge in [-0.2, -0.15) is 0 Å². The van der Waals surface area contributed by atoms with Crippen LogP contribution in [0.1, 0.15) is 42.0 Å². The van der Waals surface area contributed by atoms with Crippen LogP contribution in [0.5, 0.6) is 0 Å². The topological polar surface area (TPSA) is 49.8 Å². The molecule has 4 nitrogen and oxygen atoms in total. The second-order valence-electron chi connectivity index (χ2n) is 10.4. The van der Waals surface area contributed by atoms with Gasteiger partial charge in [-0.05, 0) is 58.2 Å². The lowest BCUT2D eigenvalue weighted by Crippen LogP contribution is -2.23. The summed E-state index contributed by atoms with van der Waals surface area (Å²) < 4.78 is 19.6. The number of carboxylic acids is 1. The van der Waals surface area contributed by atoms with Crippen molar-refractivity contribution < 1.29 is 19.0 Å². The van der Waals surface area contributed by atoms with Crippen molar-refractivity contribution in [2.75, 3.05) is 6.54 Å². The number of rotatable bonds is 15. The molecule has 0 fully saturated rings. The number of hydrogen-bond acceptors (Lipinski definition) is 4. The van der Waals surface area contributed by atoms with Crippen LogP contribution in [0.2, 0.25) is 0 Å². The first-order valence-corrected chi connectivity index (χ1v) is 15.3. The van der Waals surface area contributed by atoms with Gasteiger partial charge in [-0.15, -0.1) is 0 Å². The Morgan fingerprint density at radius 2 is 1.67 bits per heavy atom. The fraction of sp³-hybridized carbons (Fsp3) is 0.216. The molecule has 6 heteroatoms. The molecular formula is C37H38FNO3S. The number of hydrogen-bond donors (Lipinski definition) is 1. The maximum atomic E-state index is 13.6. The van der Waals surface area contributed by atoms with Gasteiger partial charge in [0.05, 0.1) is 5.03 Å². The summed E-state index contributed by atoms with van der Waals surface area (Å²) in [6.07, 6.45) is 6.56. The summed E-state index contributed by atoms with van der Waals surface area (Å²) in [4.78, 5) is 13.1. The van der Waals surface area contributed by atoms with Gasteiger partial charge in [-0.25, -0.2) is 9.18 Å². The predicted molar refractivity (Wildman–Crippen MR) is 176 cm³/mol. The lowest BCUT2D eigenvalue weighted by atomic mass is 10.1. The number of carbonyl (C=O) groups is 1. The van der Waals surface area contributed by atoms with Gasteiger partial charge in [-0.1, -0.05) is 121 Å². The number of allylic oxidation sites excluding steroid dienone is 6. The van der Waals surface area contributed by atoms with E-state index in [9.17, 15) is 9.18 Å². The Balaban J connectivity index is 1.36. The Labute approximate surface area is 258 Å². The molecule has 0 bridgehead atoms. The Morgan fingerprint density at radius 3 is 2.37 bits per heavy atom. The molecule has 3 aromatic carbocycles. The van der Waals surface area contributed by atoms with E-state index in [4.69, 9.17) is 9.84 Å². The summed E-state index contributed by atoms with van der Waals surface area (Å²) in [5.41, 5.74) is 6.56. The number of ether oxygens (including phenoxy) is 1. The summed E-state index contributed by atoms with van der Waals surface area (Å²) in [5, 5.41) is 12.0. The van der Waals surface area contributed by atoms with Crippen LogP contribution in [0.15, 0.2) is 138 Å². The predicted octanol–water partition coefficient (Wildman–Crippen LogP) is 9.10. The zero-order chi connectivity index (χ0) is 30.4. The van der Waals surface area contributed by atoms with Crippen LogP contribution in [-0.4, -0.2) is 28.7 Å². The molecule has 0 spiro atoms. The van der Waals surface area contributed by atoms with Crippen molar-refractivity contribution >= 4 is 23.3 Å². The molecule has 0 saturated carbocycles. The molecule has 0 heterocycles. The van der Waals surface area contributed by atoms with Gasteiger partial charge in [0.25, 0.3) is 0 Å². The molecule has 1 aliphatic carbocycles. The third-order valence-corrected chi connectivity index (χ3v) is 8.11. The van der Waals surface area contributed by atoms with Gasteiger partial charge in [0.15, 0.2) is 0 Å². The Hall–Kier alpha value is -4.29. The van der Waals surface area contributed by atoms with Crippen molar-refractivity contribution in [1.29, 1.82) is 0 Å². The van der Waals surface area contributed by atoms with Gasteiger partial charge < -0.3 is 14.7 Å². The van der Waals surface area contributed by atoms with Crippen molar-refractivity contribution in [3.05, 3.63) is 160 Å². The average Bonchev–Trinajstić information content (AvgIpc) is 3.27. The molecule has 1 aliphatic rings. The molecule has 0 amide bonds. The fourth-order valence-electron chi connectivity index (χ4n) is 4.53. The summed E-state index contributed by atoms with van der Waals surface area (Å²) in [7, 11) is 0. The van der Waals surface area contributed by atoms with Crippen LogP contribution in [0.4, 0.5) is 4.39 Å². The van der Waals surface area contributed by atoms with E-state index in [-0.39, 0.29) is 6.42 Å². The van der Waals surface area contributed by atoms with Crippen LogP contribution >= 0.6 is 11.8 Å². The van der Waals surface area contributed by atoms with Crippen LogP contribution in [0, 0.1) is 0 Å². The van der Waals surface area contributed by atoms with Gasteiger partial charge in [0.2, 0.25) is 6.17 Å². The van der Waals surface area contributed by atoms with E-state index in [1.165, 1.54) is 22.3 Å². The highest BCUT2D eigenvalue weighted by atomic mass is 32.2. The molecule has 1 unspecified atom stereocenters. The molecule has 222 valence electrons. The SMILES string of the molecule is C=C(S/C=C(\C)c1ccccc1)N(CCc1ccccc1)Cc1ccc(COC2=CC=C(CC(F)C(=O)O)C=CC2)cc1. The Morgan fingerprint density at radius 1 is 1.00 bits per heavy atom. The van der Waals surface area contributed by atoms with Crippen LogP contribution in [0.3, 0.4) is 0 Å². The normalized spacial score (nSPS) is 13.9. The summed E-state index contributed by atoms with van der Waals surface area (Å²) in [5.74, 6) is -0.694. The average molecular weight is 596 g/mol. The highest BCUT2D eigenvalue weighted by Gasteiger charge is 2.17. The Kier molecular flexibility index (Phi) is 12.0. The number of thioether (sulfide) groups is 1. The molecule has 0 radical (unpaired) electrons. The summed E-state index contributed by atoms with van der Waals surface area (Å²) in [6, 6.07) is 29.3. The standard InChI is InChI=1S/C37H38FNO3S/c1-28(34-13-7-4-8-14-34)27-43-29(2)39(23-22-30-10-5-3-6-11-30)25-32-16-18-33(19-17-32)26-42-35-15-9-12-31(20-21-35)24-36(38)37(40)41/h3-14,16-21,27,36H,2,15,22-26H2,1H3,(H,40,41)/b28-27+. The smallest absolute Gasteiger partial charge is 0.338 e. The quantitative estimate of drug-likeness (QED) is 0.190. The number of halogens is 1. The van der Waals surface area contributed by atoms with Gasteiger partial charge >= 0.3 is 5.97 Å². The van der Waals surface area contributed by atoms with Crippen molar-refractivity contribution in [2.24, 2.45) is 0 Å². The molecular weight excluding hydrogens is 557 g/mol. The van der Waals surface area contributed by atoms with Crippen LogP contribution < -0.4 is 0 Å². The van der Waals surface area contributed by atoms with E-state index in [2.05, 4.69) is 96.6 Å². The minimum atomic E-state index is -1.91. The van der Waals surface area contributed by atoms with E-state index in [1.54, 1.807) is 30.0 Å². The lowest BCUT2D eigenvalue weighted by molar-refractivity contribution is -0.142. The monoisotopic (exact) mass is 595 g/mol. The summed E-state index contributed by atoms with van der Waals surface area (Å²) >= 11 is 1.66. The highest BCUT2D eigenvalue weighted by Crippen LogP contribution is 2.27. The van der Waals surface area contributed by atoms with E-state index in [0.29, 0.717) is 18.6 Å². The molecule has 1 N–H and O–H groups in total. The molecule has 4 rings (SSSR count). The zero-order valence-electron chi connectivity index (χ0n) is 24.5. The number of nitrogens with zero attached hydrogens (tertiary/aromatic N) is 1. The molecule has 43 heavy (non-hydrogen) atoms. The van der Waals surface area contributed by atoms with E-state index in [1.807, 2.05) is 18.2 Å². The molecule has 1 atom stereocenters. The minimum Gasteiger partial charge on any atom is -0.493 e. The largest absolute Gasteiger partial charge is 0.493 e. The first-order chi connectivity index (χ1) is 20.9. The maximum Gasteiger partial charge on any atom is 0.338 e. The van der Waals surface area contributed by atoms with Gasteiger partial charge in [0, 0.05) is 25.9 Å². The Bertz CT molecular complexity index is 1480. The van der Waals surface area contributed by atoms with Crippen molar-refractivity contribution in [1.82, 2.24) is 4.90 Å². The molecule has 0 aliphatic heterocycles. The van der Waals surface area contributed by atoms with Crippen LogP contribution in [0.25, 0.3) is 5.57 Å². The second kappa shape index (κ2) is 16.4. The van der Waals surface area contributed by atoms with Crippen molar-refractivity contribution in [2.45, 2.75) is 45.5 Å². The number of benzene rings is 3. The molecule has 3 aromatic rings. The third-order valence-electron chi connectivity index (χ3n) is 7.10. The zero-order valence-corrected chi connectivity index (χ0v) is 25.3. The third kappa shape index (κ3) is 10.5. The first kappa shape index (κ1) is 31.6. The first-order valence-electron chi connectivity index (χ1n) is 14.4. The highest BCUT2D eigenvalue weighted by molar-refractivity contribution is 8.05. The van der Waals surface area contributed by atoms with Gasteiger partial charge in [-0.3, -0.25) is 0 Å². The molecule has 0 aromatic heterocycles. The van der Waals surface area contributed by atoms with E-state index in [0.717, 1.165) is 35.9 Å².